The van der Waals surface area contributed by atoms with E-state index in [-0.39, 0.29) is 5.97 Å². The molecule has 0 radical (unpaired) electrons. The summed E-state index contributed by atoms with van der Waals surface area (Å²) in [6.45, 7) is 4.13. The number of thiophene rings is 1. The maximum Gasteiger partial charge on any atom is 0.348 e. The van der Waals surface area contributed by atoms with E-state index in [1.165, 1.54) is 37.0 Å². The summed E-state index contributed by atoms with van der Waals surface area (Å²) in [6, 6.07) is 0.480. The number of aryl methyl sites for hydroxylation is 1. The largest absolute Gasteiger partial charge is 0.462 e. The van der Waals surface area contributed by atoms with Crippen molar-refractivity contribution in [3.8, 4) is 0 Å². The number of rotatable bonds is 4. The van der Waals surface area contributed by atoms with E-state index in [1.54, 1.807) is 6.33 Å². The van der Waals surface area contributed by atoms with Gasteiger partial charge in [-0.1, -0.05) is 12.8 Å². The van der Waals surface area contributed by atoms with Crippen LogP contribution in [0.25, 0.3) is 10.2 Å². The molecule has 3 rings (SSSR count). The molecule has 112 valence electrons. The lowest BCUT2D eigenvalue weighted by atomic mass is 10.2. The van der Waals surface area contributed by atoms with Crippen LogP contribution in [0.15, 0.2) is 6.33 Å². The lowest BCUT2D eigenvalue weighted by Gasteiger charge is -2.13. The van der Waals surface area contributed by atoms with E-state index in [4.69, 9.17) is 4.74 Å². The van der Waals surface area contributed by atoms with Crippen molar-refractivity contribution in [1.29, 1.82) is 0 Å². The van der Waals surface area contributed by atoms with Gasteiger partial charge in [0.1, 0.15) is 21.9 Å². The Morgan fingerprint density at radius 1 is 1.43 bits per heavy atom. The van der Waals surface area contributed by atoms with Crippen LogP contribution >= 0.6 is 11.3 Å². The van der Waals surface area contributed by atoms with Crippen molar-refractivity contribution in [2.45, 2.75) is 45.6 Å². The van der Waals surface area contributed by atoms with E-state index >= 15 is 0 Å². The number of carbonyl (C=O) groups excluding carboxylic acids is 1. The molecular formula is C15H19N3O2S. The molecule has 0 aliphatic heterocycles. The molecule has 1 aliphatic rings. The van der Waals surface area contributed by atoms with Crippen LogP contribution in [0.5, 0.6) is 0 Å². The maximum absolute atomic E-state index is 12.0. The Morgan fingerprint density at radius 3 is 2.90 bits per heavy atom. The summed E-state index contributed by atoms with van der Waals surface area (Å²) in [5, 5.41) is 4.47. The van der Waals surface area contributed by atoms with Gasteiger partial charge in [-0.25, -0.2) is 14.8 Å². The smallest absolute Gasteiger partial charge is 0.348 e. The molecule has 0 unspecified atom stereocenters. The third kappa shape index (κ3) is 2.72. The molecule has 21 heavy (non-hydrogen) atoms. The molecule has 2 heterocycles. The van der Waals surface area contributed by atoms with Gasteiger partial charge in [-0.15, -0.1) is 11.3 Å². The van der Waals surface area contributed by atoms with E-state index < -0.39 is 0 Å². The number of nitrogens with zero attached hydrogens (tertiary/aromatic N) is 2. The zero-order valence-electron chi connectivity index (χ0n) is 12.3. The van der Waals surface area contributed by atoms with Crippen molar-refractivity contribution in [3.63, 3.8) is 0 Å². The standard InChI is InChI=1S/C15H19N3O2S/c1-3-20-15(19)12-9(2)11-13(16-8-17-14(11)21-12)18-10-6-4-5-7-10/h8,10H,3-7H2,1-2H3,(H,16,17,18). The van der Waals surface area contributed by atoms with Crippen LogP contribution < -0.4 is 5.32 Å². The highest BCUT2D eigenvalue weighted by molar-refractivity contribution is 7.20. The highest BCUT2D eigenvalue weighted by Crippen LogP contribution is 2.34. The van der Waals surface area contributed by atoms with Gasteiger partial charge in [-0.05, 0) is 32.3 Å². The van der Waals surface area contributed by atoms with Gasteiger partial charge >= 0.3 is 5.97 Å². The van der Waals surface area contributed by atoms with Crippen molar-refractivity contribution in [1.82, 2.24) is 9.97 Å². The second kappa shape index (κ2) is 5.97. The number of ether oxygens (including phenoxy) is 1. The van der Waals surface area contributed by atoms with Crippen LogP contribution in [0.2, 0.25) is 0 Å². The van der Waals surface area contributed by atoms with Crippen LogP contribution in [-0.4, -0.2) is 28.6 Å². The monoisotopic (exact) mass is 305 g/mol. The van der Waals surface area contributed by atoms with Crippen LogP contribution in [-0.2, 0) is 4.74 Å². The number of hydrogen-bond donors (Lipinski definition) is 1. The van der Waals surface area contributed by atoms with Gasteiger partial charge in [0.15, 0.2) is 0 Å². The number of nitrogens with one attached hydrogen (secondary N) is 1. The Kier molecular flexibility index (Phi) is 4.05. The lowest BCUT2D eigenvalue weighted by molar-refractivity contribution is 0.0531. The van der Waals surface area contributed by atoms with Gasteiger partial charge in [-0.3, -0.25) is 0 Å². The number of esters is 1. The normalized spacial score (nSPS) is 15.5. The van der Waals surface area contributed by atoms with Crippen LogP contribution in [0, 0.1) is 6.92 Å². The van der Waals surface area contributed by atoms with Crippen LogP contribution in [0.4, 0.5) is 5.82 Å². The average molecular weight is 305 g/mol. The molecule has 0 bridgehead atoms. The highest BCUT2D eigenvalue weighted by Gasteiger charge is 2.22. The Bertz CT molecular complexity index is 662. The molecule has 2 aromatic heterocycles. The zero-order valence-corrected chi connectivity index (χ0v) is 13.1. The second-order valence-corrected chi connectivity index (χ2v) is 6.30. The fraction of sp³-hybridized carbons (Fsp3) is 0.533. The summed E-state index contributed by atoms with van der Waals surface area (Å²) in [7, 11) is 0. The first kappa shape index (κ1) is 14.3. The van der Waals surface area contributed by atoms with Crippen molar-refractivity contribution in [2.75, 3.05) is 11.9 Å². The van der Waals surface area contributed by atoms with Crippen LogP contribution in [0.3, 0.4) is 0 Å². The van der Waals surface area contributed by atoms with Crippen LogP contribution in [0.1, 0.15) is 47.8 Å². The molecule has 6 heteroatoms. The maximum atomic E-state index is 12.0. The zero-order chi connectivity index (χ0) is 14.8. The number of fused-ring (bicyclic) bond motifs is 1. The number of carbonyl (C=O) groups is 1. The van der Waals surface area contributed by atoms with Crippen molar-refractivity contribution < 1.29 is 9.53 Å². The Labute approximate surface area is 127 Å². The minimum Gasteiger partial charge on any atom is -0.462 e. The van der Waals surface area contributed by atoms with Gasteiger partial charge < -0.3 is 10.1 Å². The predicted octanol–water partition coefficient (Wildman–Crippen LogP) is 3.53. The molecule has 1 aliphatic carbocycles. The second-order valence-electron chi connectivity index (χ2n) is 5.30. The Morgan fingerprint density at radius 2 is 2.19 bits per heavy atom. The van der Waals surface area contributed by atoms with E-state index in [1.807, 2.05) is 13.8 Å². The summed E-state index contributed by atoms with van der Waals surface area (Å²) in [4.78, 5) is 22.2. The molecule has 1 N–H and O–H groups in total. The Hall–Kier alpha value is -1.69. The Balaban J connectivity index is 1.99. The molecule has 5 nitrogen and oxygen atoms in total. The molecule has 0 aromatic carbocycles. The molecular weight excluding hydrogens is 286 g/mol. The lowest BCUT2D eigenvalue weighted by Crippen LogP contribution is -2.15. The third-order valence-corrected chi connectivity index (χ3v) is 5.06. The van der Waals surface area contributed by atoms with Gasteiger partial charge in [0, 0.05) is 6.04 Å². The number of anilines is 1. The topological polar surface area (TPSA) is 64.1 Å². The van der Waals surface area contributed by atoms with Crippen molar-refractivity contribution >= 4 is 33.3 Å². The van der Waals surface area contributed by atoms with E-state index in [2.05, 4.69) is 15.3 Å². The summed E-state index contributed by atoms with van der Waals surface area (Å²) in [5.74, 6) is 0.570. The molecule has 1 saturated carbocycles. The predicted molar refractivity (Wildman–Crippen MR) is 84.0 cm³/mol. The minimum absolute atomic E-state index is 0.273. The van der Waals surface area contributed by atoms with Crippen molar-refractivity contribution in [2.24, 2.45) is 0 Å². The summed E-state index contributed by atoms with van der Waals surface area (Å²) in [6.07, 6.45) is 6.45. The first-order valence-electron chi connectivity index (χ1n) is 7.38. The molecule has 0 amide bonds. The number of aromatic nitrogens is 2. The first-order valence-corrected chi connectivity index (χ1v) is 8.20. The first-order chi connectivity index (χ1) is 10.2. The summed E-state index contributed by atoms with van der Waals surface area (Å²) in [5.41, 5.74) is 0.912. The van der Waals surface area contributed by atoms with Gasteiger partial charge in [0.2, 0.25) is 0 Å². The molecule has 2 aromatic rings. The van der Waals surface area contributed by atoms with E-state index in [9.17, 15) is 4.79 Å². The summed E-state index contributed by atoms with van der Waals surface area (Å²) >= 11 is 1.38. The quantitative estimate of drug-likeness (QED) is 0.875. The average Bonchev–Trinajstić information content (AvgIpc) is 3.08. The highest BCUT2D eigenvalue weighted by atomic mass is 32.1. The van der Waals surface area contributed by atoms with Gasteiger partial charge in [-0.2, -0.15) is 0 Å². The van der Waals surface area contributed by atoms with Gasteiger partial charge in [0.25, 0.3) is 0 Å². The molecule has 0 atom stereocenters. The molecule has 1 fully saturated rings. The fourth-order valence-corrected chi connectivity index (χ4v) is 3.88. The number of hydrogen-bond acceptors (Lipinski definition) is 6. The SMILES string of the molecule is CCOC(=O)c1sc2ncnc(NC3CCCC3)c2c1C. The van der Waals surface area contributed by atoms with E-state index in [0.29, 0.717) is 17.5 Å². The minimum atomic E-state index is -0.273. The molecule has 0 saturated heterocycles. The molecule has 0 spiro atoms. The van der Waals surface area contributed by atoms with Crippen molar-refractivity contribution in [3.05, 3.63) is 16.8 Å². The van der Waals surface area contributed by atoms with E-state index in [0.717, 1.165) is 21.6 Å². The summed E-state index contributed by atoms with van der Waals surface area (Å²) < 4.78 is 5.11. The fourth-order valence-electron chi connectivity index (χ4n) is 2.84. The third-order valence-electron chi connectivity index (χ3n) is 3.88. The van der Waals surface area contributed by atoms with Gasteiger partial charge in [0.05, 0.1) is 12.0 Å².